The molecule has 0 fully saturated rings. The molecule has 7 nitrogen and oxygen atoms in total. The van der Waals surface area contributed by atoms with Crippen molar-refractivity contribution in [3.05, 3.63) is 50.8 Å². The van der Waals surface area contributed by atoms with Gasteiger partial charge in [0, 0.05) is 5.56 Å². The van der Waals surface area contributed by atoms with Crippen LogP contribution < -0.4 is 11.4 Å². The van der Waals surface area contributed by atoms with Crippen LogP contribution in [0.4, 0.5) is 0 Å². The highest BCUT2D eigenvalue weighted by molar-refractivity contribution is 5.83. The predicted octanol–water partition coefficient (Wildman–Crippen LogP) is -0.548. The highest BCUT2D eigenvalue weighted by Crippen LogP contribution is 2.12. The average Bonchev–Trinajstić information content (AvgIpc) is 2.58. The van der Waals surface area contributed by atoms with Crippen molar-refractivity contribution in [3.8, 4) is 5.75 Å². The van der Waals surface area contributed by atoms with E-state index in [0.717, 1.165) is 0 Å². The smallest absolute Gasteiger partial charge is 0.365 e. The molecule has 0 saturated heterocycles. The van der Waals surface area contributed by atoms with Gasteiger partial charge in [-0.15, -0.1) is 4.68 Å². The van der Waals surface area contributed by atoms with E-state index in [2.05, 4.69) is 15.3 Å². The second-order valence-corrected chi connectivity index (χ2v) is 2.98. The number of hydrogen-bond acceptors (Lipinski definition) is 4. The molecule has 0 spiro atoms. The molecule has 0 unspecified atom stereocenters. The van der Waals surface area contributed by atoms with Crippen molar-refractivity contribution in [2.45, 2.75) is 0 Å². The standard InChI is InChI=1S/C9H8N4O3/c14-7-4-2-1-3-6(7)5-10-13-8(15)11-12-9(13)16/h1-5,14H,(H,11,15)(H,12,16)/b10-5+. The maximum Gasteiger partial charge on any atom is 0.365 e. The van der Waals surface area contributed by atoms with Crippen molar-refractivity contribution >= 4 is 6.21 Å². The van der Waals surface area contributed by atoms with Crippen LogP contribution in [0, 0.1) is 0 Å². The van der Waals surface area contributed by atoms with E-state index < -0.39 is 11.4 Å². The number of rotatable bonds is 2. The normalized spacial score (nSPS) is 11.0. The molecule has 2 aromatic rings. The van der Waals surface area contributed by atoms with Gasteiger partial charge in [0.15, 0.2) is 0 Å². The van der Waals surface area contributed by atoms with E-state index in [1.807, 2.05) is 0 Å². The number of H-pyrrole nitrogens is 2. The number of nitrogens with zero attached hydrogens (tertiary/aromatic N) is 2. The summed E-state index contributed by atoms with van der Waals surface area (Å²) in [7, 11) is 0. The summed E-state index contributed by atoms with van der Waals surface area (Å²) in [6, 6.07) is 6.43. The van der Waals surface area contributed by atoms with Crippen molar-refractivity contribution in [2.24, 2.45) is 5.10 Å². The molecule has 0 aliphatic rings. The lowest BCUT2D eigenvalue weighted by Crippen LogP contribution is -2.22. The second-order valence-electron chi connectivity index (χ2n) is 2.98. The van der Waals surface area contributed by atoms with Crippen LogP contribution in [0.2, 0.25) is 0 Å². The van der Waals surface area contributed by atoms with Crippen LogP contribution in [-0.4, -0.2) is 26.2 Å². The molecule has 0 atom stereocenters. The van der Waals surface area contributed by atoms with Gasteiger partial charge in [0.1, 0.15) is 5.75 Å². The van der Waals surface area contributed by atoms with E-state index in [0.29, 0.717) is 10.2 Å². The third-order valence-corrected chi connectivity index (χ3v) is 1.91. The molecule has 2 rings (SSSR count). The van der Waals surface area contributed by atoms with Gasteiger partial charge in [-0.2, -0.15) is 5.10 Å². The molecule has 1 aromatic heterocycles. The summed E-state index contributed by atoms with van der Waals surface area (Å²) in [6.07, 6.45) is 1.22. The van der Waals surface area contributed by atoms with E-state index in [-0.39, 0.29) is 5.75 Å². The van der Waals surface area contributed by atoms with Gasteiger partial charge >= 0.3 is 11.4 Å². The highest BCUT2D eigenvalue weighted by atomic mass is 16.3. The molecular formula is C9H8N4O3. The van der Waals surface area contributed by atoms with Crippen LogP contribution in [-0.2, 0) is 0 Å². The number of phenolic OH excluding ortho intramolecular Hbond substituents is 1. The summed E-state index contributed by atoms with van der Waals surface area (Å²) >= 11 is 0. The van der Waals surface area contributed by atoms with E-state index in [1.54, 1.807) is 18.2 Å². The minimum Gasteiger partial charge on any atom is -0.507 e. The molecule has 0 radical (unpaired) electrons. The van der Waals surface area contributed by atoms with Crippen LogP contribution in [0.15, 0.2) is 39.0 Å². The third-order valence-electron chi connectivity index (χ3n) is 1.91. The monoisotopic (exact) mass is 220 g/mol. The Morgan fingerprint density at radius 3 is 2.44 bits per heavy atom. The summed E-state index contributed by atoms with van der Waals surface area (Å²) in [6.45, 7) is 0. The first-order chi connectivity index (χ1) is 7.68. The minimum atomic E-state index is -0.670. The molecule has 1 heterocycles. The SMILES string of the molecule is O=c1[nH][nH]c(=O)n1/N=C/c1ccccc1O. The number of phenols is 1. The minimum absolute atomic E-state index is 0.0197. The summed E-state index contributed by atoms with van der Waals surface area (Å²) in [5, 5.41) is 17.2. The second kappa shape index (κ2) is 3.89. The van der Waals surface area contributed by atoms with E-state index in [4.69, 9.17) is 0 Å². The lowest BCUT2D eigenvalue weighted by Gasteiger charge is -1.95. The van der Waals surface area contributed by atoms with Crippen LogP contribution in [0.5, 0.6) is 5.75 Å². The zero-order valence-corrected chi connectivity index (χ0v) is 8.04. The largest absolute Gasteiger partial charge is 0.507 e. The number of benzene rings is 1. The van der Waals surface area contributed by atoms with Crippen molar-refractivity contribution in [2.75, 3.05) is 0 Å². The molecule has 1 aromatic carbocycles. The summed E-state index contributed by atoms with van der Waals surface area (Å²) in [5.41, 5.74) is -0.927. The number of nitrogens with one attached hydrogen (secondary N) is 2. The molecule has 7 heteroatoms. The van der Waals surface area contributed by atoms with E-state index >= 15 is 0 Å². The number of aromatic hydroxyl groups is 1. The lowest BCUT2D eigenvalue weighted by molar-refractivity contribution is 0.474. The molecule has 0 amide bonds. The van der Waals surface area contributed by atoms with Crippen LogP contribution >= 0.6 is 0 Å². The molecule has 16 heavy (non-hydrogen) atoms. The van der Waals surface area contributed by atoms with Gasteiger partial charge < -0.3 is 5.11 Å². The van der Waals surface area contributed by atoms with Crippen molar-refractivity contribution in [1.29, 1.82) is 0 Å². The van der Waals surface area contributed by atoms with E-state index in [9.17, 15) is 14.7 Å². The first-order valence-corrected chi connectivity index (χ1v) is 4.40. The van der Waals surface area contributed by atoms with Gasteiger partial charge in [-0.3, -0.25) is 0 Å². The Hall–Kier alpha value is -2.57. The molecular weight excluding hydrogens is 212 g/mol. The Bertz CT molecular complexity index is 607. The van der Waals surface area contributed by atoms with Crippen LogP contribution in [0.3, 0.4) is 0 Å². The number of hydrogen-bond donors (Lipinski definition) is 3. The van der Waals surface area contributed by atoms with Crippen LogP contribution in [0.25, 0.3) is 0 Å². The van der Waals surface area contributed by atoms with Gasteiger partial charge in [0.2, 0.25) is 0 Å². The van der Waals surface area contributed by atoms with Gasteiger partial charge in [-0.05, 0) is 12.1 Å². The quantitative estimate of drug-likeness (QED) is 0.591. The van der Waals surface area contributed by atoms with Crippen LogP contribution in [0.1, 0.15) is 5.56 Å². The molecule has 3 N–H and O–H groups in total. The Labute approximate surface area is 88.7 Å². The Morgan fingerprint density at radius 1 is 1.19 bits per heavy atom. The molecule has 0 bridgehead atoms. The fourth-order valence-corrected chi connectivity index (χ4v) is 1.13. The first-order valence-electron chi connectivity index (χ1n) is 4.40. The number of para-hydroxylation sites is 1. The molecule has 0 aliphatic heterocycles. The lowest BCUT2D eigenvalue weighted by atomic mass is 10.2. The zero-order valence-electron chi connectivity index (χ0n) is 8.04. The van der Waals surface area contributed by atoms with Gasteiger partial charge in [-0.1, -0.05) is 12.1 Å². The van der Waals surface area contributed by atoms with E-state index in [1.165, 1.54) is 12.3 Å². The summed E-state index contributed by atoms with van der Waals surface area (Å²) < 4.78 is 0.617. The Balaban J connectivity index is 2.40. The van der Waals surface area contributed by atoms with Gasteiger partial charge in [0.05, 0.1) is 6.21 Å². The summed E-state index contributed by atoms with van der Waals surface area (Å²) in [5.74, 6) is 0.0197. The Kier molecular flexibility index (Phi) is 2.42. The summed E-state index contributed by atoms with van der Waals surface area (Å²) in [4.78, 5) is 22.1. The fourth-order valence-electron chi connectivity index (χ4n) is 1.13. The maximum atomic E-state index is 11.0. The number of aromatic nitrogens is 3. The Morgan fingerprint density at radius 2 is 1.81 bits per heavy atom. The fraction of sp³-hybridized carbons (Fsp3) is 0. The average molecular weight is 220 g/mol. The van der Waals surface area contributed by atoms with Gasteiger partial charge in [0.25, 0.3) is 0 Å². The predicted molar refractivity (Wildman–Crippen MR) is 56.8 cm³/mol. The molecule has 0 aliphatic carbocycles. The van der Waals surface area contributed by atoms with Crippen molar-refractivity contribution < 1.29 is 5.11 Å². The van der Waals surface area contributed by atoms with Crippen molar-refractivity contribution in [1.82, 2.24) is 14.9 Å². The third kappa shape index (κ3) is 1.78. The van der Waals surface area contributed by atoms with Crippen molar-refractivity contribution in [3.63, 3.8) is 0 Å². The maximum absolute atomic E-state index is 11.0. The topological polar surface area (TPSA) is 103 Å². The highest BCUT2D eigenvalue weighted by Gasteiger charge is 2.00. The molecule has 82 valence electrons. The first kappa shape index (κ1) is 9.97. The molecule has 0 saturated carbocycles. The number of aromatic amines is 2. The zero-order chi connectivity index (χ0) is 11.5. The van der Waals surface area contributed by atoms with Gasteiger partial charge in [-0.25, -0.2) is 19.8 Å².